The van der Waals surface area contributed by atoms with E-state index in [4.69, 9.17) is 9.47 Å². The zero-order valence-corrected chi connectivity index (χ0v) is 40.0. The number of nitrogens with one attached hydrogen (secondary N) is 2. The van der Waals surface area contributed by atoms with Crippen LogP contribution in [0.15, 0.2) is 72.8 Å². The first-order valence-corrected chi connectivity index (χ1v) is 24.9. The highest BCUT2D eigenvalue weighted by molar-refractivity contribution is 7.01. The molecule has 0 unspecified atom stereocenters. The summed E-state index contributed by atoms with van der Waals surface area (Å²) in [4.78, 5) is 39.7. The highest BCUT2D eigenvalue weighted by atomic mass is 28.3. The molecular weight excluding hydrogens is 868 g/mol. The fourth-order valence-electron chi connectivity index (χ4n) is 9.43. The van der Waals surface area contributed by atoms with Gasteiger partial charge in [0.15, 0.2) is 5.54 Å². The Kier molecular flexibility index (Phi) is 12.8. The molecule has 0 spiro atoms. The molecular formula is C50H57F3N5O7Si+. The number of nitro benzene ring substituents is 1. The maximum atomic E-state index is 13.8. The van der Waals surface area contributed by atoms with E-state index in [0.717, 1.165) is 61.8 Å². The number of amides is 1. The first kappa shape index (κ1) is 47.8. The molecule has 0 fully saturated rings. The maximum Gasteiger partial charge on any atom is 0.416 e. The number of halogens is 3. The monoisotopic (exact) mass is 924 g/mol. The lowest BCUT2D eigenvalue weighted by Gasteiger charge is -2.43. The number of aromatic carboxylic acids is 1. The number of carbonyl (C=O) groups excluding carboxylic acids is 1. The Hall–Kier alpha value is -6.10. The highest BCUT2D eigenvalue weighted by Gasteiger charge is 2.41. The van der Waals surface area contributed by atoms with Crippen molar-refractivity contribution in [2.24, 2.45) is 0 Å². The van der Waals surface area contributed by atoms with E-state index in [1.807, 2.05) is 0 Å². The number of hydrogen-bond acceptors (Lipinski definition) is 8. The largest absolute Gasteiger partial charge is 0.478 e. The lowest BCUT2D eigenvalue weighted by atomic mass is 9.84. The molecule has 3 heterocycles. The van der Waals surface area contributed by atoms with Gasteiger partial charge in [-0.3, -0.25) is 14.9 Å². The zero-order chi connectivity index (χ0) is 48.3. The molecule has 0 saturated carbocycles. The SMILES string of the molecule is CC1=CC(C)(C)N(C)c2cc3c(cc21)C(c1cc(C(=O)NCCOCCOCCNc2ccc(C(F)(F)F)cc2[N+](=O)[O-])ccc1C(=O)O)=c1cc2c(cc1[Si]3(C)C)=[N+](C)C(C)(C)C=C2C. The summed E-state index contributed by atoms with van der Waals surface area (Å²) in [5, 5.41) is 32.2. The van der Waals surface area contributed by atoms with Gasteiger partial charge in [0.2, 0.25) is 5.36 Å². The summed E-state index contributed by atoms with van der Waals surface area (Å²) < 4.78 is 52.6. The van der Waals surface area contributed by atoms with Crippen LogP contribution in [-0.4, -0.2) is 94.7 Å². The molecule has 4 aromatic rings. The Morgan fingerprint density at radius 2 is 1.52 bits per heavy atom. The second-order valence-electron chi connectivity index (χ2n) is 18.9. The molecule has 0 aromatic heterocycles. The van der Waals surface area contributed by atoms with Gasteiger partial charge in [-0.25, -0.2) is 9.37 Å². The zero-order valence-electron chi connectivity index (χ0n) is 39.0. The molecule has 12 nitrogen and oxygen atoms in total. The van der Waals surface area contributed by atoms with E-state index < -0.39 is 42.3 Å². The van der Waals surface area contributed by atoms with Crippen LogP contribution >= 0.6 is 0 Å². The van der Waals surface area contributed by atoms with Crippen LogP contribution in [0.1, 0.15) is 90.1 Å². The fraction of sp³-hybridized carbons (Fsp3) is 0.380. The van der Waals surface area contributed by atoms with Gasteiger partial charge in [-0.05, 0) is 126 Å². The van der Waals surface area contributed by atoms with Crippen LogP contribution < -0.4 is 41.1 Å². The predicted octanol–water partition coefficient (Wildman–Crippen LogP) is 6.52. The number of benzene rings is 4. The van der Waals surface area contributed by atoms with E-state index >= 15 is 0 Å². The lowest BCUT2D eigenvalue weighted by Crippen LogP contribution is -2.64. The number of anilines is 2. The minimum Gasteiger partial charge on any atom is -0.478 e. The van der Waals surface area contributed by atoms with Crippen molar-refractivity contribution in [1.82, 2.24) is 9.89 Å². The number of nitrogens with zero attached hydrogens (tertiary/aromatic N) is 3. The molecule has 0 atom stereocenters. The van der Waals surface area contributed by atoms with E-state index in [9.17, 15) is 38.0 Å². The van der Waals surface area contributed by atoms with Crippen molar-refractivity contribution in [3.63, 3.8) is 0 Å². The fourth-order valence-corrected chi connectivity index (χ4v) is 12.5. The summed E-state index contributed by atoms with van der Waals surface area (Å²) in [7, 11) is 1.75. The Bertz CT molecular complexity index is 2890. The molecule has 348 valence electrons. The minimum absolute atomic E-state index is 0.0579. The average Bonchev–Trinajstić information content (AvgIpc) is 3.24. The smallest absolute Gasteiger partial charge is 0.416 e. The summed E-state index contributed by atoms with van der Waals surface area (Å²) >= 11 is 0. The topological polar surface area (TPSA) is 146 Å². The summed E-state index contributed by atoms with van der Waals surface area (Å²) in [6.07, 6.45) is -0.183. The summed E-state index contributed by atoms with van der Waals surface area (Å²) in [5.74, 6) is -1.50. The standard InChI is InChI=1S/C50H56F3N5O7Si/c1-29-27-48(3,4)56(7)40-25-43-37(23-34(29)40)45(38-24-35-30(2)28-49(5,6)57(8)41(35)26-44(38)66(43,9)10)36-21-31(11-13-33(36)47(60)61)46(59)55-16-18-65-20-19-64-17-15-54-39-14-12-32(50(51,52)53)22-42(39)58(62)63/h11-14,21-28,54H,15-20H2,1-10H3,(H-,55,59,60,61)/p+1. The van der Waals surface area contributed by atoms with Gasteiger partial charge in [0.05, 0.1) is 48.0 Å². The number of nitro groups is 1. The number of alkyl halides is 3. The van der Waals surface area contributed by atoms with Crippen molar-refractivity contribution in [2.75, 3.05) is 63.8 Å². The number of ether oxygens (including phenoxy) is 2. The first-order chi connectivity index (χ1) is 30.8. The molecule has 16 heteroatoms. The third-order valence-electron chi connectivity index (χ3n) is 13.4. The van der Waals surface area contributed by atoms with Gasteiger partial charge in [0, 0.05) is 68.5 Å². The van der Waals surface area contributed by atoms with Gasteiger partial charge in [-0.2, -0.15) is 13.2 Å². The maximum absolute atomic E-state index is 13.8. The van der Waals surface area contributed by atoms with Crippen LogP contribution in [0.2, 0.25) is 13.1 Å². The van der Waals surface area contributed by atoms with E-state index in [2.05, 4.69) is 125 Å². The van der Waals surface area contributed by atoms with Gasteiger partial charge >= 0.3 is 12.1 Å². The lowest BCUT2D eigenvalue weighted by molar-refractivity contribution is -0.384. The third-order valence-corrected chi connectivity index (χ3v) is 16.9. The van der Waals surface area contributed by atoms with E-state index in [1.165, 1.54) is 22.5 Å². The van der Waals surface area contributed by atoms with E-state index in [-0.39, 0.29) is 61.8 Å². The number of carboxylic acids is 1. The van der Waals surface area contributed by atoms with Crippen LogP contribution in [0.3, 0.4) is 0 Å². The Labute approximate surface area is 383 Å². The molecule has 0 bridgehead atoms. The number of hydrogen-bond donors (Lipinski definition) is 3. The number of fused-ring (bicyclic) bond motifs is 4. The second kappa shape index (κ2) is 17.6. The number of carboxylic acid groups (broad SMARTS) is 1. The summed E-state index contributed by atoms with van der Waals surface area (Å²) in [6.45, 7) is 18.6. The van der Waals surface area contributed by atoms with Crippen molar-refractivity contribution in [2.45, 2.75) is 71.9 Å². The number of allylic oxidation sites excluding steroid dienone is 2. The molecule has 1 amide bonds. The molecule has 4 aromatic carbocycles. The van der Waals surface area contributed by atoms with Crippen LogP contribution in [0, 0.1) is 10.1 Å². The van der Waals surface area contributed by atoms with Crippen LogP contribution in [0.4, 0.5) is 30.2 Å². The molecule has 0 radical (unpaired) electrons. The van der Waals surface area contributed by atoms with Crippen LogP contribution in [0.25, 0.3) is 16.7 Å². The van der Waals surface area contributed by atoms with Crippen molar-refractivity contribution < 1.29 is 42.3 Å². The quantitative estimate of drug-likeness (QED) is 0.0424. The van der Waals surface area contributed by atoms with E-state index in [0.29, 0.717) is 17.2 Å². The molecule has 7 rings (SSSR count). The Morgan fingerprint density at radius 1 is 0.848 bits per heavy atom. The normalized spacial score (nSPS) is 16.6. The van der Waals surface area contributed by atoms with Gasteiger partial charge in [0.25, 0.3) is 11.6 Å². The van der Waals surface area contributed by atoms with Crippen molar-refractivity contribution in [3.8, 4) is 0 Å². The number of likely N-dealkylation sites (N-methyl/N-ethyl adjacent to an activating group) is 2. The van der Waals surface area contributed by atoms with Gasteiger partial charge < -0.3 is 30.1 Å². The molecule has 3 aliphatic heterocycles. The molecule has 3 aliphatic rings. The summed E-state index contributed by atoms with van der Waals surface area (Å²) in [5.41, 5.74) is 5.83. The average molecular weight is 925 g/mol. The number of carbonyl (C=O) groups is 2. The second-order valence-corrected chi connectivity index (χ2v) is 23.2. The van der Waals surface area contributed by atoms with Crippen molar-refractivity contribution >= 4 is 64.1 Å². The van der Waals surface area contributed by atoms with E-state index in [1.54, 1.807) is 6.07 Å². The highest BCUT2D eigenvalue weighted by Crippen LogP contribution is 2.41. The molecule has 66 heavy (non-hydrogen) atoms. The molecule has 0 aliphatic carbocycles. The predicted molar refractivity (Wildman–Crippen MR) is 255 cm³/mol. The Morgan fingerprint density at radius 3 is 2.17 bits per heavy atom. The van der Waals surface area contributed by atoms with Gasteiger partial charge in [-0.1, -0.05) is 19.2 Å². The van der Waals surface area contributed by atoms with Crippen LogP contribution in [-0.2, 0) is 15.7 Å². The third kappa shape index (κ3) is 8.93. The Balaban J connectivity index is 1.14. The van der Waals surface area contributed by atoms with Gasteiger partial charge in [0.1, 0.15) is 20.8 Å². The first-order valence-electron chi connectivity index (χ1n) is 21.9. The number of rotatable bonds is 14. The minimum atomic E-state index is -4.71. The van der Waals surface area contributed by atoms with Gasteiger partial charge in [-0.15, -0.1) is 0 Å². The molecule has 3 N–H and O–H groups in total. The summed E-state index contributed by atoms with van der Waals surface area (Å²) in [6, 6.07) is 16.1. The van der Waals surface area contributed by atoms with Crippen LogP contribution in [0.5, 0.6) is 0 Å². The van der Waals surface area contributed by atoms with Crippen molar-refractivity contribution in [1.29, 1.82) is 0 Å². The molecule has 0 saturated heterocycles. The van der Waals surface area contributed by atoms with Crippen molar-refractivity contribution in [3.05, 3.63) is 132 Å².